The Morgan fingerprint density at radius 2 is 1.81 bits per heavy atom. The maximum atomic E-state index is 12.1. The first-order chi connectivity index (χ1) is 12.8. The lowest BCUT2D eigenvalue weighted by Crippen LogP contribution is -2.10. The van der Waals surface area contributed by atoms with Crippen molar-refractivity contribution in [3.63, 3.8) is 0 Å². The average Bonchev–Trinajstić information content (AvgIpc) is 3.16. The van der Waals surface area contributed by atoms with Crippen molar-refractivity contribution in [3.05, 3.63) is 71.1 Å². The van der Waals surface area contributed by atoms with E-state index in [0.717, 1.165) is 24.0 Å². The van der Waals surface area contributed by atoms with E-state index in [4.69, 9.17) is 9.15 Å². The van der Waals surface area contributed by atoms with Crippen LogP contribution in [0, 0.1) is 0 Å². The number of nitrogens with zero attached hydrogens (tertiary/aromatic N) is 2. The van der Waals surface area contributed by atoms with Crippen molar-refractivity contribution in [3.8, 4) is 11.5 Å². The van der Waals surface area contributed by atoms with Gasteiger partial charge in [-0.1, -0.05) is 36.4 Å². The molecule has 0 N–H and O–H groups in total. The van der Waals surface area contributed by atoms with E-state index in [-0.39, 0.29) is 19.0 Å². The molecule has 0 saturated heterocycles. The van der Waals surface area contributed by atoms with E-state index < -0.39 is 0 Å². The molecule has 0 amide bonds. The van der Waals surface area contributed by atoms with Gasteiger partial charge in [0.2, 0.25) is 5.89 Å². The van der Waals surface area contributed by atoms with Gasteiger partial charge >= 0.3 is 5.97 Å². The van der Waals surface area contributed by atoms with Crippen LogP contribution in [-0.2, 0) is 35.4 Å². The fraction of sp³-hybridized carbons (Fsp3) is 0.286. The van der Waals surface area contributed by atoms with Gasteiger partial charge in [-0.15, -0.1) is 10.2 Å². The van der Waals surface area contributed by atoms with Crippen molar-refractivity contribution in [1.82, 2.24) is 10.2 Å². The summed E-state index contributed by atoms with van der Waals surface area (Å²) < 4.78 is 10.8. The first kappa shape index (κ1) is 16.5. The molecule has 1 aromatic heterocycles. The molecule has 0 aliphatic heterocycles. The van der Waals surface area contributed by atoms with E-state index in [1.807, 2.05) is 36.4 Å². The molecule has 26 heavy (non-hydrogen) atoms. The number of benzene rings is 2. The standard InChI is InChI=1S/C21H20N2O3/c24-20(13-15-10-11-16-6-4-5-9-18(16)12-15)25-14-19-22-23-21(26-19)17-7-2-1-3-8-17/h1-3,7-8,10-12H,4-6,9,13-14H2. The van der Waals surface area contributed by atoms with Gasteiger partial charge in [0.1, 0.15) is 0 Å². The summed E-state index contributed by atoms with van der Waals surface area (Å²) in [6.07, 6.45) is 4.97. The van der Waals surface area contributed by atoms with Gasteiger partial charge in [0.05, 0.1) is 6.42 Å². The van der Waals surface area contributed by atoms with Gasteiger partial charge < -0.3 is 9.15 Å². The first-order valence-electron chi connectivity index (χ1n) is 8.92. The van der Waals surface area contributed by atoms with Crippen LogP contribution in [-0.4, -0.2) is 16.2 Å². The second-order valence-electron chi connectivity index (χ2n) is 6.51. The molecule has 0 fully saturated rings. The van der Waals surface area contributed by atoms with Crippen molar-refractivity contribution >= 4 is 5.97 Å². The fourth-order valence-electron chi connectivity index (χ4n) is 3.27. The van der Waals surface area contributed by atoms with Crippen molar-refractivity contribution in [2.45, 2.75) is 38.7 Å². The number of carbonyl (C=O) groups is 1. The van der Waals surface area contributed by atoms with Crippen LogP contribution >= 0.6 is 0 Å². The van der Waals surface area contributed by atoms with Crippen LogP contribution < -0.4 is 0 Å². The largest absolute Gasteiger partial charge is 0.455 e. The maximum Gasteiger partial charge on any atom is 0.310 e. The second kappa shape index (κ2) is 7.52. The van der Waals surface area contributed by atoms with Crippen LogP contribution in [0.5, 0.6) is 0 Å². The first-order valence-corrected chi connectivity index (χ1v) is 8.92. The van der Waals surface area contributed by atoms with Gasteiger partial charge in [0.25, 0.3) is 5.89 Å². The zero-order valence-corrected chi connectivity index (χ0v) is 14.5. The minimum atomic E-state index is -0.291. The lowest BCUT2D eigenvalue weighted by Gasteiger charge is -2.16. The molecule has 0 bridgehead atoms. The fourth-order valence-corrected chi connectivity index (χ4v) is 3.27. The van der Waals surface area contributed by atoms with Gasteiger partial charge in [-0.3, -0.25) is 4.79 Å². The van der Waals surface area contributed by atoms with Crippen LogP contribution in [0.4, 0.5) is 0 Å². The summed E-state index contributed by atoms with van der Waals surface area (Å²) in [6, 6.07) is 15.8. The molecule has 0 saturated carbocycles. The smallest absolute Gasteiger partial charge is 0.310 e. The highest BCUT2D eigenvalue weighted by molar-refractivity contribution is 5.72. The minimum absolute atomic E-state index is 0.0103. The summed E-state index contributed by atoms with van der Waals surface area (Å²) in [7, 11) is 0. The number of esters is 1. The van der Waals surface area contributed by atoms with Crippen LogP contribution in [0.2, 0.25) is 0 Å². The molecule has 1 aliphatic carbocycles. The molecule has 1 aliphatic rings. The molecule has 0 radical (unpaired) electrons. The third kappa shape index (κ3) is 3.82. The number of rotatable bonds is 5. The molecule has 132 valence electrons. The summed E-state index contributed by atoms with van der Waals surface area (Å²) in [4.78, 5) is 12.1. The molecule has 0 unspecified atom stereocenters. The number of hydrogen-bond acceptors (Lipinski definition) is 5. The maximum absolute atomic E-state index is 12.1. The van der Waals surface area contributed by atoms with Gasteiger partial charge in [-0.25, -0.2) is 0 Å². The Morgan fingerprint density at radius 1 is 1.00 bits per heavy atom. The van der Waals surface area contributed by atoms with Crippen molar-refractivity contribution in [1.29, 1.82) is 0 Å². The molecule has 5 nitrogen and oxygen atoms in total. The Morgan fingerprint density at radius 3 is 2.65 bits per heavy atom. The predicted molar refractivity (Wildman–Crippen MR) is 96.3 cm³/mol. The third-order valence-corrected chi connectivity index (χ3v) is 4.61. The molecular weight excluding hydrogens is 328 g/mol. The summed E-state index contributed by atoms with van der Waals surface area (Å²) in [5.74, 6) is 0.425. The number of ether oxygens (including phenoxy) is 1. The Kier molecular flexibility index (Phi) is 4.78. The Bertz CT molecular complexity index is 903. The van der Waals surface area contributed by atoms with E-state index in [1.54, 1.807) is 0 Å². The monoisotopic (exact) mass is 348 g/mol. The number of aromatic nitrogens is 2. The molecule has 0 spiro atoms. The van der Waals surface area contributed by atoms with Crippen molar-refractivity contribution in [2.24, 2.45) is 0 Å². The molecule has 1 heterocycles. The molecule has 4 rings (SSSR count). The summed E-state index contributed by atoms with van der Waals surface area (Å²) in [6.45, 7) is -0.0103. The van der Waals surface area contributed by atoms with E-state index in [0.29, 0.717) is 11.8 Å². The number of fused-ring (bicyclic) bond motifs is 1. The lowest BCUT2D eigenvalue weighted by atomic mass is 9.90. The van der Waals surface area contributed by atoms with Crippen LogP contribution in [0.3, 0.4) is 0 Å². The molecule has 2 aromatic carbocycles. The van der Waals surface area contributed by atoms with Gasteiger partial charge in [0.15, 0.2) is 6.61 Å². The Labute approximate surface area is 152 Å². The normalized spacial score (nSPS) is 13.2. The zero-order chi connectivity index (χ0) is 17.8. The van der Waals surface area contributed by atoms with Crippen LogP contribution in [0.25, 0.3) is 11.5 Å². The minimum Gasteiger partial charge on any atom is -0.455 e. The average molecular weight is 348 g/mol. The molecule has 3 aromatic rings. The van der Waals surface area contributed by atoms with Crippen LogP contribution in [0.15, 0.2) is 52.9 Å². The predicted octanol–water partition coefficient (Wildman–Crippen LogP) is 3.90. The highest BCUT2D eigenvalue weighted by atomic mass is 16.5. The number of hydrogen-bond donors (Lipinski definition) is 0. The quantitative estimate of drug-likeness (QED) is 0.654. The number of carbonyl (C=O) groups excluding carboxylic acids is 1. The topological polar surface area (TPSA) is 65.2 Å². The van der Waals surface area contributed by atoms with E-state index in [1.165, 1.54) is 24.0 Å². The summed E-state index contributed by atoms with van der Waals surface area (Å²) in [5.41, 5.74) is 4.61. The summed E-state index contributed by atoms with van der Waals surface area (Å²) in [5, 5.41) is 7.92. The lowest BCUT2D eigenvalue weighted by molar-refractivity contribution is -0.144. The van der Waals surface area contributed by atoms with E-state index in [2.05, 4.69) is 22.3 Å². The molecule has 0 atom stereocenters. The second-order valence-corrected chi connectivity index (χ2v) is 6.51. The highest BCUT2D eigenvalue weighted by Crippen LogP contribution is 2.22. The number of aryl methyl sites for hydroxylation is 2. The van der Waals surface area contributed by atoms with Gasteiger partial charge in [0, 0.05) is 5.56 Å². The zero-order valence-electron chi connectivity index (χ0n) is 14.5. The van der Waals surface area contributed by atoms with Crippen molar-refractivity contribution < 1.29 is 13.9 Å². The summed E-state index contributed by atoms with van der Waals surface area (Å²) >= 11 is 0. The van der Waals surface area contributed by atoms with Crippen LogP contribution in [0.1, 0.15) is 35.4 Å². The van der Waals surface area contributed by atoms with E-state index >= 15 is 0 Å². The third-order valence-electron chi connectivity index (χ3n) is 4.61. The molecule has 5 heteroatoms. The van der Waals surface area contributed by atoms with Crippen molar-refractivity contribution in [2.75, 3.05) is 0 Å². The van der Waals surface area contributed by atoms with E-state index in [9.17, 15) is 4.79 Å². The Hall–Kier alpha value is -2.95. The Balaban J connectivity index is 1.34. The molecular formula is C21H20N2O3. The van der Waals surface area contributed by atoms with Gasteiger partial charge in [-0.2, -0.15) is 0 Å². The SMILES string of the molecule is O=C(Cc1ccc2c(c1)CCCC2)OCc1nnc(-c2ccccc2)o1. The van der Waals surface area contributed by atoms with Gasteiger partial charge in [-0.05, 0) is 54.5 Å². The highest BCUT2D eigenvalue weighted by Gasteiger charge is 2.13.